The summed E-state index contributed by atoms with van der Waals surface area (Å²) in [7, 11) is -3.07. The molecule has 0 saturated carbocycles. The standard InChI is InChI=1S/C11H20N2O5S/c1-8(5-9(14)15)6-12-10(16)13-11(2)3-4-19(17,18)7-11/h8H,3-7H2,1-2H3,(H,14,15)(H2,12,13,16). The first-order valence-corrected chi connectivity index (χ1v) is 7.92. The van der Waals surface area contributed by atoms with Gasteiger partial charge in [0.2, 0.25) is 0 Å². The maximum atomic E-state index is 11.6. The van der Waals surface area contributed by atoms with Crippen molar-refractivity contribution in [3.05, 3.63) is 0 Å². The summed E-state index contributed by atoms with van der Waals surface area (Å²) in [4.78, 5) is 22.1. The molecule has 19 heavy (non-hydrogen) atoms. The van der Waals surface area contributed by atoms with E-state index in [0.29, 0.717) is 6.42 Å². The van der Waals surface area contributed by atoms with Gasteiger partial charge >= 0.3 is 12.0 Å². The first kappa shape index (κ1) is 15.7. The van der Waals surface area contributed by atoms with Crippen molar-refractivity contribution in [2.75, 3.05) is 18.1 Å². The fourth-order valence-corrected chi connectivity index (χ4v) is 4.16. The largest absolute Gasteiger partial charge is 0.481 e. The van der Waals surface area contributed by atoms with Crippen LogP contribution in [0.3, 0.4) is 0 Å². The van der Waals surface area contributed by atoms with Crippen LogP contribution < -0.4 is 10.6 Å². The van der Waals surface area contributed by atoms with Crippen LogP contribution in [-0.4, -0.2) is 49.1 Å². The third-order valence-corrected chi connectivity index (χ3v) is 4.96. The molecular formula is C11H20N2O5S. The van der Waals surface area contributed by atoms with Gasteiger partial charge in [-0.1, -0.05) is 6.92 Å². The van der Waals surface area contributed by atoms with Crippen LogP contribution in [0.15, 0.2) is 0 Å². The van der Waals surface area contributed by atoms with Gasteiger partial charge in [0, 0.05) is 13.0 Å². The van der Waals surface area contributed by atoms with Gasteiger partial charge in [0.1, 0.15) is 0 Å². The maximum Gasteiger partial charge on any atom is 0.315 e. The van der Waals surface area contributed by atoms with E-state index in [1.807, 2.05) is 0 Å². The van der Waals surface area contributed by atoms with Crippen molar-refractivity contribution in [2.45, 2.75) is 32.2 Å². The van der Waals surface area contributed by atoms with Gasteiger partial charge in [-0.25, -0.2) is 13.2 Å². The van der Waals surface area contributed by atoms with Crippen LogP contribution >= 0.6 is 0 Å². The average molecular weight is 292 g/mol. The summed E-state index contributed by atoms with van der Waals surface area (Å²) in [5, 5.41) is 13.8. The number of carboxylic acids is 1. The molecule has 1 fully saturated rings. The van der Waals surface area contributed by atoms with Crippen molar-refractivity contribution >= 4 is 21.8 Å². The van der Waals surface area contributed by atoms with Gasteiger partial charge < -0.3 is 15.7 Å². The Balaban J connectivity index is 2.38. The third kappa shape index (κ3) is 5.46. The van der Waals surface area contributed by atoms with Crippen LogP contribution in [0.2, 0.25) is 0 Å². The number of amides is 2. The Labute approximate surface area is 112 Å². The van der Waals surface area contributed by atoms with Gasteiger partial charge in [-0.05, 0) is 19.3 Å². The Hall–Kier alpha value is -1.31. The van der Waals surface area contributed by atoms with Crippen LogP contribution in [0.4, 0.5) is 4.79 Å². The summed E-state index contributed by atoms with van der Waals surface area (Å²) < 4.78 is 22.8. The first-order chi connectivity index (χ1) is 8.62. The predicted octanol–water partition coefficient (Wildman–Crippen LogP) is -0.0264. The molecule has 2 unspecified atom stereocenters. The maximum absolute atomic E-state index is 11.6. The summed E-state index contributed by atoms with van der Waals surface area (Å²) in [6.45, 7) is 3.65. The molecule has 3 N–H and O–H groups in total. The molecule has 0 radical (unpaired) electrons. The third-order valence-electron chi connectivity index (χ3n) is 3.05. The molecule has 1 aliphatic heterocycles. The minimum atomic E-state index is -3.07. The highest BCUT2D eigenvalue weighted by Gasteiger charge is 2.39. The van der Waals surface area contributed by atoms with E-state index >= 15 is 0 Å². The molecule has 0 aromatic carbocycles. The number of carboxylic acid groups (broad SMARTS) is 1. The van der Waals surface area contributed by atoms with Gasteiger partial charge in [0.25, 0.3) is 0 Å². The lowest BCUT2D eigenvalue weighted by Gasteiger charge is -2.24. The number of urea groups is 1. The number of aliphatic carboxylic acids is 1. The molecule has 110 valence electrons. The van der Waals surface area contributed by atoms with E-state index in [2.05, 4.69) is 10.6 Å². The number of rotatable bonds is 5. The van der Waals surface area contributed by atoms with E-state index in [1.54, 1.807) is 13.8 Å². The van der Waals surface area contributed by atoms with E-state index in [1.165, 1.54) is 0 Å². The Morgan fingerprint density at radius 1 is 1.42 bits per heavy atom. The molecule has 2 atom stereocenters. The van der Waals surface area contributed by atoms with Crippen molar-refractivity contribution < 1.29 is 23.1 Å². The van der Waals surface area contributed by atoms with E-state index in [0.717, 1.165) is 0 Å². The SMILES string of the molecule is CC(CNC(=O)NC1(C)CCS(=O)(=O)C1)CC(=O)O. The topological polar surface area (TPSA) is 113 Å². The van der Waals surface area contributed by atoms with E-state index < -0.39 is 27.4 Å². The second-order valence-corrected chi connectivity index (χ2v) is 7.62. The second kappa shape index (κ2) is 5.77. The van der Waals surface area contributed by atoms with Gasteiger partial charge in [-0.15, -0.1) is 0 Å². The number of hydrogen-bond donors (Lipinski definition) is 3. The first-order valence-electron chi connectivity index (χ1n) is 6.10. The van der Waals surface area contributed by atoms with E-state index in [-0.39, 0.29) is 30.4 Å². The Morgan fingerprint density at radius 2 is 2.05 bits per heavy atom. The zero-order valence-electron chi connectivity index (χ0n) is 11.1. The fraction of sp³-hybridized carbons (Fsp3) is 0.818. The molecular weight excluding hydrogens is 272 g/mol. The van der Waals surface area contributed by atoms with Crippen LogP contribution in [0, 0.1) is 5.92 Å². The Kier molecular flexibility index (Phi) is 4.78. The molecule has 0 aliphatic carbocycles. The fourth-order valence-electron chi connectivity index (χ4n) is 2.06. The van der Waals surface area contributed by atoms with Crippen LogP contribution in [0.25, 0.3) is 0 Å². The van der Waals surface area contributed by atoms with Crippen molar-refractivity contribution in [3.8, 4) is 0 Å². The zero-order chi connectivity index (χ0) is 14.7. The van der Waals surface area contributed by atoms with Crippen molar-refractivity contribution in [1.82, 2.24) is 10.6 Å². The zero-order valence-corrected chi connectivity index (χ0v) is 11.9. The molecule has 0 bridgehead atoms. The number of hydrogen-bond acceptors (Lipinski definition) is 4. The van der Waals surface area contributed by atoms with Crippen molar-refractivity contribution in [1.29, 1.82) is 0 Å². The summed E-state index contributed by atoms with van der Waals surface area (Å²) in [6, 6.07) is -0.461. The predicted molar refractivity (Wildman–Crippen MR) is 69.6 cm³/mol. The summed E-state index contributed by atoms with van der Waals surface area (Å²) in [6.07, 6.45) is 0.374. The van der Waals surface area contributed by atoms with Crippen molar-refractivity contribution in [3.63, 3.8) is 0 Å². The lowest BCUT2D eigenvalue weighted by atomic mass is 10.0. The highest BCUT2D eigenvalue weighted by atomic mass is 32.2. The molecule has 8 heteroatoms. The summed E-state index contributed by atoms with van der Waals surface area (Å²) in [5.41, 5.74) is -0.737. The summed E-state index contributed by atoms with van der Waals surface area (Å²) in [5.74, 6) is -1.07. The Bertz CT molecular complexity index is 462. The molecule has 0 aromatic heterocycles. The van der Waals surface area contributed by atoms with E-state index in [9.17, 15) is 18.0 Å². The quantitative estimate of drug-likeness (QED) is 0.659. The molecule has 2 amide bonds. The molecule has 1 aliphatic rings. The van der Waals surface area contributed by atoms with Gasteiger partial charge in [0.15, 0.2) is 9.84 Å². The lowest BCUT2D eigenvalue weighted by Crippen LogP contribution is -2.51. The highest BCUT2D eigenvalue weighted by molar-refractivity contribution is 7.91. The van der Waals surface area contributed by atoms with Gasteiger partial charge in [-0.3, -0.25) is 4.79 Å². The number of nitrogens with one attached hydrogen (secondary N) is 2. The normalized spacial score (nSPS) is 26.6. The van der Waals surface area contributed by atoms with Crippen LogP contribution in [0.5, 0.6) is 0 Å². The molecule has 7 nitrogen and oxygen atoms in total. The van der Waals surface area contributed by atoms with Crippen molar-refractivity contribution in [2.24, 2.45) is 5.92 Å². The number of carbonyl (C=O) groups excluding carboxylic acids is 1. The van der Waals surface area contributed by atoms with Gasteiger partial charge in [0.05, 0.1) is 17.0 Å². The Morgan fingerprint density at radius 3 is 2.53 bits per heavy atom. The molecule has 1 rings (SSSR count). The van der Waals surface area contributed by atoms with E-state index in [4.69, 9.17) is 5.11 Å². The monoisotopic (exact) mass is 292 g/mol. The van der Waals surface area contributed by atoms with Crippen LogP contribution in [0.1, 0.15) is 26.7 Å². The number of carbonyl (C=O) groups is 2. The molecule has 1 saturated heterocycles. The minimum Gasteiger partial charge on any atom is -0.481 e. The smallest absolute Gasteiger partial charge is 0.315 e. The van der Waals surface area contributed by atoms with Crippen LogP contribution in [-0.2, 0) is 14.6 Å². The average Bonchev–Trinajstić information content (AvgIpc) is 2.49. The second-order valence-electron chi connectivity index (χ2n) is 5.44. The highest BCUT2D eigenvalue weighted by Crippen LogP contribution is 2.22. The molecule has 1 heterocycles. The van der Waals surface area contributed by atoms with Gasteiger partial charge in [-0.2, -0.15) is 0 Å². The minimum absolute atomic E-state index is 0.0219. The number of sulfone groups is 1. The lowest BCUT2D eigenvalue weighted by molar-refractivity contribution is -0.137. The summed E-state index contributed by atoms with van der Waals surface area (Å²) >= 11 is 0. The molecule has 0 aromatic rings. The molecule has 0 spiro atoms.